The zero-order valence-electron chi connectivity index (χ0n) is 9.63. The van der Waals surface area contributed by atoms with Gasteiger partial charge in [0, 0.05) is 0 Å². The standard InChI is InChI=1S/C13H8BrNO2S2/c14-12-6-5-11(19-12)9(16)7-18-13-15-8-3-1-2-4-10(8)17-13/h1-6H,7H2. The predicted octanol–water partition coefficient (Wildman–Crippen LogP) is 4.63. The van der Waals surface area contributed by atoms with E-state index >= 15 is 0 Å². The number of aromatic nitrogens is 1. The highest BCUT2D eigenvalue weighted by Crippen LogP contribution is 2.26. The molecule has 96 valence electrons. The fraction of sp³-hybridized carbons (Fsp3) is 0.0769. The lowest BCUT2D eigenvalue weighted by atomic mass is 10.3. The molecule has 0 bridgehead atoms. The summed E-state index contributed by atoms with van der Waals surface area (Å²) < 4.78 is 6.51. The number of hydrogen-bond donors (Lipinski definition) is 0. The van der Waals surface area contributed by atoms with E-state index in [-0.39, 0.29) is 5.78 Å². The van der Waals surface area contributed by atoms with Crippen LogP contribution in [0.2, 0.25) is 0 Å². The lowest BCUT2D eigenvalue weighted by molar-refractivity contribution is 0.102. The first kappa shape index (κ1) is 12.9. The Morgan fingerprint density at radius 1 is 1.32 bits per heavy atom. The summed E-state index contributed by atoms with van der Waals surface area (Å²) >= 11 is 6.11. The molecule has 0 spiro atoms. The Kier molecular flexibility index (Phi) is 3.72. The van der Waals surface area contributed by atoms with Gasteiger partial charge in [-0.3, -0.25) is 4.79 Å². The molecule has 0 N–H and O–H groups in total. The summed E-state index contributed by atoms with van der Waals surface area (Å²) in [6.45, 7) is 0. The number of fused-ring (bicyclic) bond motifs is 1. The van der Waals surface area contributed by atoms with Crippen molar-refractivity contribution in [2.24, 2.45) is 0 Å². The van der Waals surface area contributed by atoms with Gasteiger partial charge in [0.25, 0.3) is 5.22 Å². The fourth-order valence-electron chi connectivity index (χ4n) is 1.58. The Balaban J connectivity index is 1.70. The van der Waals surface area contributed by atoms with Crippen LogP contribution in [0.3, 0.4) is 0 Å². The lowest BCUT2D eigenvalue weighted by Crippen LogP contribution is -1.98. The van der Waals surface area contributed by atoms with Gasteiger partial charge in [0.1, 0.15) is 5.52 Å². The van der Waals surface area contributed by atoms with Crippen molar-refractivity contribution in [1.29, 1.82) is 0 Å². The molecular weight excluding hydrogens is 346 g/mol. The highest BCUT2D eigenvalue weighted by atomic mass is 79.9. The number of thiophene rings is 1. The highest BCUT2D eigenvalue weighted by Gasteiger charge is 2.12. The van der Waals surface area contributed by atoms with Crippen molar-refractivity contribution in [2.75, 3.05) is 5.75 Å². The second-order valence-corrected chi connectivity index (χ2v) is 7.15. The third-order valence-corrected chi connectivity index (χ3v) is 4.94. The van der Waals surface area contributed by atoms with Crippen LogP contribution in [0.1, 0.15) is 9.67 Å². The van der Waals surface area contributed by atoms with Gasteiger partial charge in [0.05, 0.1) is 14.4 Å². The third kappa shape index (κ3) is 2.91. The lowest BCUT2D eigenvalue weighted by Gasteiger charge is -1.94. The minimum Gasteiger partial charge on any atom is -0.431 e. The van der Waals surface area contributed by atoms with Gasteiger partial charge in [-0.1, -0.05) is 23.9 Å². The summed E-state index contributed by atoms with van der Waals surface area (Å²) in [5.41, 5.74) is 1.56. The third-order valence-electron chi connectivity index (χ3n) is 2.45. The van der Waals surface area contributed by atoms with Crippen molar-refractivity contribution in [3.05, 3.63) is 45.1 Å². The molecule has 0 radical (unpaired) electrons. The maximum Gasteiger partial charge on any atom is 0.257 e. The second kappa shape index (κ2) is 5.48. The van der Waals surface area contributed by atoms with E-state index in [0.717, 1.165) is 19.8 Å². The van der Waals surface area contributed by atoms with Gasteiger partial charge in [-0.05, 0) is 40.2 Å². The van der Waals surface area contributed by atoms with Crippen molar-refractivity contribution in [3.63, 3.8) is 0 Å². The van der Waals surface area contributed by atoms with Crippen LogP contribution in [-0.4, -0.2) is 16.5 Å². The summed E-state index contributed by atoms with van der Waals surface area (Å²) in [4.78, 5) is 17.0. The fourth-order valence-corrected chi connectivity index (χ4v) is 3.71. The molecule has 0 aliphatic carbocycles. The Hall–Kier alpha value is -1.11. The van der Waals surface area contributed by atoms with E-state index in [0.29, 0.717) is 11.0 Å². The molecule has 6 heteroatoms. The van der Waals surface area contributed by atoms with E-state index in [9.17, 15) is 4.79 Å². The van der Waals surface area contributed by atoms with Gasteiger partial charge in [0.2, 0.25) is 0 Å². The molecule has 0 atom stereocenters. The quantitative estimate of drug-likeness (QED) is 0.506. The van der Waals surface area contributed by atoms with Crippen molar-refractivity contribution < 1.29 is 9.21 Å². The zero-order valence-corrected chi connectivity index (χ0v) is 12.8. The predicted molar refractivity (Wildman–Crippen MR) is 81.1 cm³/mol. The van der Waals surface area contributed by atoms with E-state index in [4.69, 9.17) is 4.42 Å². The average molecular weight is 354 g/mol. The van der Waals surface area contributed by atoms with E-state index in [1.54, 1.807) is 0 Å². The Morgan fingerprint density at radius 3 is 2.89 bits per heavy atom. The number of Topliss-reactive ketones (excluding diaryl/α,β-unsaturated/α-hetero) is 1. The van der Waals surface area contributed by atoms with Gasteiger partial charge in [-0.2, -0.15) is 0 Å². The number of carbonyl (C=O) groups excluding carboxylic acids is 1. The molecule has 2 aromatic heterocycles. The maximum absolute atomic E-state index is 11.9. The van der Waals surface area contributed by atoms with Crippen LogP contribution in [0.4, 0.5) is 0 Å². The maximum atomic E-state index is 11.9. The molecule has 0 amide bonds. The topological polar surface area (TPSA) is 43.1 Å². The molecule has 1 aromatic carbocycles. The van der Waals surface area contributed by atoms with Crippen LogP contribution < -0.4 is 0 Å². The summed E-state index contributed by atoms with van der Waals surface area (Å²) in [6, 6.07) is 11.3. The Bertz CT molecular complexity index is 702. The summed E-state index contributed by atoms with van der Waals surface area (Å²) in [6.07, 6.45) is 0. The summed E-state index contributed by atoms with van der Waals surface area (Å²) in [7, 11) is 0. The molecule has 0 unspecified atom stereocenters. The van der Waals surface area contributed by atoms with Crippen LogP contribution in [0.15, 0.2) is 49.8 Å². The first-order chi connectivity index (χ1) is 9.22. The Labute approximate surface area is 126 Å². The van der Waals surface area contributed by atoms with E-state index in [1.165, 1.54) is 23.1 Å². The van der Waals surface area contributed by atoms with Gasteiger partial charge in [0.15, 0.2) is 11.4 Å². The van der Waals surface area contributed by atoms with E-state index in [2.05, 4.69) is 20.9 Å². The molecule has 0 saturated carbocycles. The molecule has 3 aromatic rings. The number of oxazole rings is 1. The first-order valence-corrected chi connectivity index (χ1v) is 8.09. The normalized spacial score (nSPS) is 11.0. The van der Waals surface area contributed by atoms with Crippen LogP contribution in [-0.2, 0) is 0 Å². The summed E-state index contributed by atoms with van der Waals surface area (Å²) in [5, 5.41) is 0.533. The largest absolute Gasteiger partial charge is 0.431 e. The van der Waals surface area contributed by atoms with Gasteiger partial charge < -0.3 is 4.42 Å². The smallest absolute Gasteiger partial charge is 0.257 e. The molecule has 0 aliphatic heterocycles. The van der Waals surface area contributed by atoms with Gasteiger partial charge in [-0.25, -0.2) is 4.98 Å². The molecule has 0 aliphatic rings. The first-order valence-electron chi connectivity index (χ1n) is 5.49. The van der Waals surface area contributed by atoms with Crippen LogP contribution >= 0.6 is 39.0 Å². The SMILES string of the molecule is O=C(CSc1nc2ccccc2o1)c1ccc(Br)s1. The number of carbonyl (C=O) groups is 1. The molecule has 3 rings (SSSR count). The molecular formula is C13H8BrNO2S2. The number of benzene rings is 1. The molecule has 0 fully saturated rings. The van der Waals surface area contributed by atoms with E-state index < -0.39 is 0 Å². The number of nitrogens with zero attached hydrogens (tertiary/aromatic N) is 1. The number of thioether (sulfide) groups is 1. The monoisotopic (exact) mass is 353 g/mol. The number of para-hydroxylation sites is 2. The van der Waals surface area contributed by atoms with Crippen molar-refractivity contribution in [1.82, 2.24) is 4.98 Å². The molecule has 19 heavy (non-hydrogen) atoms. The highest BCUT2D eigenvalue weighted by molar-refractivity contribution is 9.11. The van der Waals surface area contributed by atoms with Gasteiger partial charge >= 0.3 is 0 Å². The van der Waals surface area contributed by atoms with Gasteiger partial charge in [-0.15, -0.1) is 11.3 Å². The minimum absolute atomic E-state index is 0.0861. The molecule has 0 saturated heterocycles. The van der Waals surface area contributed by atoms with E-state index in [1.807, 2.05) is 36.4 Å². The number of hydrogen-bond acceptors (Lipinski definition) is 5. The second-order valence-electron chi connectivity index (χ2n) is 3.76. The summed E-state index contributed by atoms with van der Waals surface area (Å²) in [5.74, 6) is 0.419. The Morgan fingerprint density at radius 2 is 2.16 bits per heavy atom. The van der Waals surface area contributed by atoms with Crippen LogP contribution in [0, 0.1) is 0 Å². The minimum atomic E-state index is 0.0861. The van der Waals surface area contributed by atoms with Crippen molar-refractivity contribution >= 4 is 55.9 Å². The number of rotatable bonds is 4. The van der Waals surface area contributed by atoms with Crippen molar-refractivity contribution in [3.8, 4) is 0 Å². The van der Waals surface area contributed by atoms with Crippen LogP contribution in [0.25, 0.3) is 11.1 Å². The zero-order chi connectivity index (χ0) is 13.2. The molecule has 3 nitrogen and oxygen atoms in total. The van der Waals surface area contributed by atoms with Crippen molar-refractivity contribution in [2.45, 2.75) is 5.22 Å². The number of halogens is 1. The van der Waals surface area contributed by atoms with Crippen LogP contribution in [0.5, 0.6) is 0 Å². The molecule has 2 heterocycles. The number of ketones is 1. The average Bonchev–Trinajstić information content (AvgIpc) is 3.01.